The number of amides is 2. The molecule has 1 N–H and O–H groups in total. The summed E-state index contributed by atoms with van der Waals surface area (Å²) in [4.78, 5) is 14.1. The van der Waals surface area contributed by atoms with E-state index in [-0.39, 0.29) is 6.03 Å². The lowest BCUT2D eigenvalue weighted by Gasteiger charge is -2.23. The van der Waals surface area contributed by atoms with Crippen molar-refractivity contribution >= 4 is 6.03 Å². The van der Waals surface area contributed by atoms with Crippen LogP contribution in [-0.4, -0.2) is 30.6 Å². The Balaban J connectivity index is 1.72. The summed E-state index contributed by atoms with van der Waals surface area (Å²) in [5.74, 6) is 0. The molecule has 2 amide bonds. The normalized spacial score (nSPS) is 23.0. The van der Waals surface area contributed by atoms with Gasteiger partial charge in [-0.15, -0.1) is 0 Å². The molecule has 1 aliphatic heterocycles. The van der Waals surface area contributed by atoms with Crippen molar-refractivity contribution in [2.45, 2.75) is 58.3 Å². The molecular weight excluding hydrogens is 212 g/mol. The summed E-state index contributed by atoms with van der Waals surface area (Å²) in [7, 11) is 0. The number of hydrogen-bond donors (Lipinski definition) is 1. The second kappa shape index (κ2) is 5.74. The first-order chi connectivity index (χ1) is 8.26. The second-order valence-electron chi connectivity index (χ2n) is 5.81. The average molecular weight is 238 g/mol. The summed E-state index contributed by atoms with van der Waals surface area (Å²) >= 11 is 0. The van der Waals surface area contributed by atoms with Gasteiger partial charge in [-0.25, -0.2) is 4.79 Å². The molecule has 1 saturated heterocycles. The minimum atomic E-state index is 0.175. The first kappa shape index (κ1) is 12.7. The molecule has 17 heavy (non-hydrogen) atoms. The Labute approximate surface area is 105 Å². The van der Waals surface area contributed by atoms with Crippen molar-refractivity contribution < 1.29 is 4.79 Å². The van der Waals surface area contributed by atoms with E-state index < -0.39 is 0 Å². The Morgan fingerprint density at radius 3 is 2.35 bits per heavy atom. The third-order valence-electron chi connectivity index (χ3n) is 4.25. The van der Waals surface area contributed by atoms with Gasteiger partial charge in [0, 0.05) is 19.6 Å². The van der Waals surface area contributed by atoms with E-state index in [0.29, 0.717) is 5.41 Å². The van der Waals surface area contributed by atoms with Gasteiger partial charge < -0.3 is 10.2 Å². The van der Waals surface area contributed by atoms with Crippen molar-refractivity contribution in [3.8, 4) is 0 Å². The van der Waals surface area contributed by atoms with Crippen LogP contribution in [0, 0.1) is 5.41 Å². The first-order valence-corrected chi connectivity index (χ1v) is 7.29. The molecule has 0 aromatic rings. The fraction of sp³-hybridized carbons (Fsp3) is 0.929. The fourth-order valence-corrected chi connectivity index (χ4v) is 2.87. The van der Waals surface area contributed by atoms with Crippen molar-refractivity contribution in [1.29, 1.82) is 0 Å². The zero-order chi connectivity index (χ0) is 12.1. The van der Waals surface area contributed by atoms with Gasteiger partial charge in [0.2, 0.25) is 0 Å². The van der Waals surface area contributed by atoms with Crippen LogP contribution in [0.3, 0.4) is 0 Å². The van der Waals surface area contributed by atoms with Crippen molar-refractivity contribution in [2.75, 3.05) is 19.6 Å². The minimum Gasteiger partial charge on any atom is -0.337 e. The molecule has 0 aromatic heterocycles. The van der Waals surface area contributed by atoms with E-state index in [1.54, 1.807) is 0 Å². The molecule has 2 fully saturated rings. The topological polar surface area (TPSA) is 32.3 Å². The van der Waals surface area contributed by atoms with Crippen LogP contribution in [-0.2, 0) is 0 Å². The van der Waals surface area contributed by atoms with Crippen LogP contribution in [0.1, 0.15) is 58.3 Å². The zero-order valence-electron chi connectivity index (χ0n) is 11.1. The zero-order valence-corrected chi connectivity index (χ0v) is 11.1. The molecule has 0 bridgehead atoms. The van der Waals surface area contributed by atoms with Gasteiger partial charge in [-0.1, -0.05) is 26.2 Å². The van der Waals surface area contributed by atoms with E-state index in [9.17, 15) is 4.79 Å². The number of likely N-dealkylation sites (tertiary alicyclic amines) is 1. The highest BCUT2D eigenvalue weighted by Crippen LogP contribution is 2.48. The van der Waals surface area contributed by atoms with Crippen LogP contribution in [0.4, 0.5) is 4.79 Å². The summed E-state index contributed by atoms with van der Waals surface area (Å²) in [6.45, 7) is 5.03. The van der Waals surface area contributed by atoms with Crippen molar-refractivity contribution in [3.63, 3.8) is 0 Å². The van der Waals surface area contributed by atoms with E-state index in [4.69, 9.17) is 0 Å². The first-order valence-electron chi connectivity index (χ1n) is 7.29. The summed E-state index contributed by atoms with van der Waals surface area (Å²) in [6.07, 6.45) is 10.0. The lowest BCUT2D eigenvalue weighted by Crippen LogP contribution is -2.42. The number of urea groups is 1. The summed E-state index contributed by atoms with van der Waals surface area (Å²) in [5, 5.41) is 3.15. The SMILES string of the molecule is CCCC1(CNC(=O)N2CCCCCC2)CC1. The minimum absolute atomic E-state index is 0.175. The van der Waals surface area contributed by atoms with Crippen LogP contribution in [0.2, 0.25) is 0 Å². The maximum atomic E-state index is 12.0. The van der Waals surface area contributed by atoms with Gasteiger partial charge in [-0.05, 0) is 37.5 Å². The highest BCUT2D eigenvalue weighted by molar-refractivity contribution is 5.74. The highest BCUT2D eigenvalue weighted by Gasteiger charge is 2.41. The fourth-order valence-electron chi connectivity index (χ4n) is 2.87. The van der Waals surface area contributed by atoms with Crippen LogP contribution in [0.15, 0.2) is 0 Å². The molecule has 0 atom stereocenters. The number of rotatable bonds is 4. The summed E-state index contributed by atoms with van der Waals surface area (Å²) in [6, 6.07) is 0.175. The quantitative estimate of drug-likeness (QED) is 0.801. The molecule has 0 aromatic carbocycles. The van der Waals surface area contributed by atoms with E-state index in [1.807, 2.05) is 4.90 Å². The lowest BCUT2D eigenvalue weighted by molar-refractivity contribution is 0.196. The molecule has 0 radical (unpaired) electrons. The third-order valence-corrected chi connectivity index (χ3v) is 4.25. The molecule has 2 rings (SSSR count). The third kappa shape index (κ3) is 3.62. The molecule has 1 aliphatic carbocycles. The monoisotopic (exact) mass is 238 g/mol. The van der Waals surface area contributed by atoms with Gasteiger partial charge in [-0.2, -0.15) is 0 Å². The Hall–Kier alpha value is -0.730. The van der Waals surface area contributed by atoms with Gasteiger partial charge >= 0.3 is 6.03 Å². The average Bonchev–Trinajstić information content (AvgIpc) is 3.10. The van der Waals surface area contributed by atoms with Gasteiger partial charge in [0.1, 0.15) is 0 Å². The molecule has 2 aliphatic rings. The number of hydrogen-bond acceptors (Lipinski definition) is 1. The van der Waals surface area contributed by atoms with Crippen LogP contribution >= 0.6 is 0 Å². The van der Waals surface area contributed by atoms with Crippen LogP contribution in [0.5, 0.6) is 0 Å². The Morgan fingerprint density at radius 2 is 1.82 bits per heavy atom. The number of carbonyl (C=O) groups is 1. The largest absolute Gasteiger partial charge is 0.337 e. The standard InChI is InChI=1S/C14H26N2O/c1-2-7-14(8-9-14)12-15-13(17)16-10-5-3-4-6-11-16/h2-12H2,1H3,(H,15,17). The van der Waals surface area contributed by atoms with E-state index in [1.165, 1.54) is 51.4 Å². The lowest BCUT2D eigenvalue weighted by atomic mass is 10.0. The smallest absolute Gasteiger partial charge is 0.317 e. The Morgan fingerprint density at radius 1 is 1.18 bits per heavy atom. The maximum Gasteiger partial charge on any atom is 0.317 e. The number of nitrogens with zero attached hydrogens (tertiary/aromatic N) is 1. The molecular formula is C14H26N2O. The van der Waals surface area contributed by atoms with Crippen molar-refractivity contribution in [3.05, 3.63) is 0 Å². The highest BCUT2D eigenvalue weighted by atomic mass is 16.2. The van der Waals surface area contributed by atoms with Gasteiger partial charge in [0.25, 0.3) is 0 Å². The van der Waals surface area contributed by atoms with Gasteiger partial charge in [0.05, 0.1) is 0 Å². The Kier molecular flexibility index (Phi) is 4.30. The summed E-state index contributed by atoms with van der Waals surface area (Å²) in [5.41, 5.74) is 0.469. The van der Waals surface area contributed by atoms with Crippen LogP contribution in [0.25, 0.3) is 0 Å². The van der Waals surface area contributed by atoms with Gasteiger partial charge in [-0.3, -0.25) is 0 Å². The molecule has 0 unspecified atom stereocenters. The predicted octanol–water partition coefficient (Wildman–Crippen LogP) is 3.15. The van der Waals surface area contributed by atoms with Gasteiger partial charge in [0.15, 0.2) is 0 Å². The van der Waals surface area contributed by atoms with E-state index in [0.717, 1.165) is 19.6 Å². The molecule has 1 saturated carbocycles. The van der Waals surface area contributed by atoms with Crippen LogP contribution < -0.4 is 5.32 Å². The molecule has 3 heteroatoms. The van der Waals surface area contributed by atoms with Crippen molar-refractivity contribution in [1.82, 2.24) is 10.2 Å². The molecule has 0 spiro atoms. The maximum absolute atomic E-state index is 12.0. The molecule has 3 nitrogen and oxygen atoms in total. The molecule has 98 valence electrons. The number of carbonyl (C=O) groups excluding carboxylic acids is 1. The summed E-state index contributed by atoms with van der Waals surface area (Å²) < 4.78 is 0. The predicted molar refractivity (Wildman–Crippen MR) is 70.0 cm³/mol. The number of nitrogens with one attached hydrogen (secondary N) is 1. The van der Waals surface area contributed by atoms with E-state index in [2.05, 4.69) is 12.2 Å². The van der Waals surface area contributed by atoms with Crippen molar-refractivity contribution in [2.24, 2.45) is 5.41 Å². The molecule has 1 heterocycles. The second-order valence-corrected chi connectivity index (χ2v) is 5.81. The van der Waals surface area contributed by atoms with E-state index >= 15 is 0 Å². The Bertz CT molecular complexity index is 253.